The lowest BCUT2D eigenvalue weighted by Gasteiger charge is -2.38. The van der Waals surface area contributed by atoms with E-state index in [-0.39, 0.29) is 18.1 Å². The van der Waals surface area contributed by atoms with Gasteiger partial charge >= 0.3 is 0 Å². The smallest absolute Gasteiger partial charge is 0.258 e. The van der Waals surface area contributed by atoms with Gasteiger partial charge in [0.15, 0.2) is 0 Å². The van der Waals surface area contributed by atoms with Crippen LogP contribution in [0.1, 0.15) is 30.6 Å². The zero-order valence-electron chi connectivity index (χ0n) is 11.7. The van der Waals surface area contributed by atoms with Crippen molar-refractivity contribution in [1.29, 1.82) is 0 Å². The number of nitrogens with one attached hydrogen (secondary N) is 1. The van der Waals surface area contributed by atoms with Gasteiger partial charge in [-0.2, -0.15) is 0 Å². The highest BCUT2D eigenvalue weighted by atomic mass is 16.5. The number of hydrogen-bond donors (Lipinski definition) is 1. The molecule has 1 saturated heterocycles. The summed E-state index contributed by atoms with van der Waals surface area (Å²) in [5.41, 5.74) is 0.623. The molecular weight excluding hydrogens is 242 g/mol. The molecule has 0 aliphatic carbocycles. The van der Waals surface area contributed by atoms with Crippen molar-refractivity contribution in [1.82, 2.24) is 9.88 Å². The minimum absolute atomic E-state index is 0.0273. The molecule has 2 rings (SSSR count). The van der Waals surface area contributed by atoms with Crippen molar-refractivity contribution in [2.45, 2.75) is 32.4 Å². The quantitative estimate of drug-likeness (QED) is 0.903. The lowest BCUT2D eigenvalue weighted by Crippen LogP contribution is -2.51. The first kappa shape index (κ1) is 13.8. The summed E-state index contributed by atoms with van der Waals surface area (Å²) in [7, 11) is 1.78. The van der Waals surface area contributed by atoms with Crippen molar-refractivity contribution in [3.8, 4) is 0 Å². The van der Waals surface area contributed by atoms with E-state index in [1.165, 1.54) is 0 Å². The second-order valence-electron chi connectivity index (χ2n) is 4.81. The number of rotatable bonds is 3. The van der Waals surface area contributed by atoms with Crippen molar-refractivity contribution < 1.29 is 9.53 Å². The van der Waals surface area contributed by atoms with Crippen LogP contribution in [0, 0.1) is 0 Å². The van der Waals surface area contributed by atoms with Crippen LogP contribution in [0.5, 0.6) is 0 Å². The minimum atomic E-state index is 0.0273. The number of hydrogen-bond acceptors (Lipinski definition) is 4. The summed E-state index contributed by atoms with van der Waals surface area (Å²) in [4.78, 5) is 18.8. The molecule has 19 heavy (non-hydrogen) atoms. The summed E-state index contributed by atoms with van der Waals surface area (Å²) in [6.45, 7) is 5.31. The Morgan fingerprint density at radius 1 is 1.63 bits per heavy atom. The van der Waals surface area contributed by atoms with Crippen molar-refractivity contribution in [3.63, 3.8) is 0 Å². The van der Waals surface area contributed by atoms with Crippen LogP contribution in [-0.2, 0) is 4.74 Å². The lowest BCUT2D eigenvalue weighted by atomic mass is 10.1. The zero-order valence-corrected chi connectivity index (χ0v) is 11.7. The summed E-state index contributed by atoms with van der Waals surface area (Å²) in [6.07, 6.45) is 2.66. The van der Waals surface area contributed by atoms with Gasteiger partial charge in [0.25, 0.3) is 5.91 Å². The molecule has 0 saturated carbocycles. The fourth-order valence-electron chi connectivity index (χ4n) is 2.36. The van der Waals surface area contributed by atoms with E-state index in [2.05, 4.69) is 17.2 Å². The van der Waals surface area contributed by atoms with Crippen LogP contribution in [0.25, 0.3) is 0 Å². The number of anilines is 1. The number of amides is 1. The minimum Gasteiger partial charge on any atom is -0.375 e. The monoisotopic (exact) mass is 263 g/mol. The standard InChI is InChI=1S/C14H21N3O2/c1-4-11-9-19-10(2)8-17(11)14(18)12-6-5-7-16-13(12)15-3/h5-7,10-11H,4,8-9H2,1-3H3,(H,15,16). The Morgan fingerprint density at radius 2 is 2.42 bits per heavy atom. The van der Waals surface area contributed by atoms with Gasteiger partial charge < -0.3 is 15.0 Å². The molecule has 1 aromatic heterocycles. The molecule has 2 heterocycles. The zero-order chi connectivity index (χ0) is 13.8. The third kappa shape index (κ3) is 2.87. The van der Waals surface area contributed by atoms with E-state index in [0.29, 0.717) is 24.5 Å². The molecule has 1 amide bonds. The van der Waals surface area contributed by atoms with Gasteiger partial charge in [-0.05, 0) is 25.5 Å². The fraction of sp³-hybridized carbons (Fsp3) is 0.571. The van der Waals surface area contributed by atoms with Crippen LogP contribution in [-0.4, -0.2) is 48.1 Å². The number of carbonyl (C=O) groups excluding carboxylic acids is 1. The maximum absolute atomic E-state index is 12.7. The van der Waals surface area contributed by atoms with E-state index in [9.17, 15) is 4.79 Å². The van der Waals surface area contributed by atoms with Gasteiger partial charge in [-0.1, -0.05) is 6.92 Å². The Kier molecular flexibility index (Phi) is 4.37. The predicted octanol–water partition coefficient (Wildman–Crippen LogP) is 1.76. The summed E-state index contributed by atoms with van der Waals surface area (Å²) in [5, 5.41) is 2.97. The van der Waals surface area contributed by atoms with Gasteiger partial charge in [-0.3, -0.25) is 4.79 Å². The molecule has 1 aliphatic heterocycles. The largest absolute Gasteiger partial charge is 0.375 e. The molecule has 0 aromatic carbocycles. The van der Waals surface area contributed by atoms with E-state index in [1.807, 2.05) is 17.9 Å². The highest BCUT2D eigenvalue weighted by Crippen LogP contribution is 2.20. The summed E-state index contributed by atoms with van der Waals surface area (Å²) >= 11 is 0. The molecule has 0 spiro atoms. The normalized spacial score (nSPS) is 23.2. The van der Waals surface area contributed by atoms with Crippen molar-refractivity contribution in [2.75, 3.05) is 25.5 Å². The Balaban J connectivity index is 2.26. The number of ether oxygens (including phenoxy) is 1. The van der Waals surface area contributed by atoms with Crippen LogP contribution in [0.2, 0.25) is 0 Å². The molecule has 1 N–H and O–H groups in total. The van der Waals surface area contributed by atoms with E-state index in [1.54, 1.807) is 19.3 Å². The molecule has 2 unspecified atom stereocenters. The Bertz CT molecular complexity index is 450. The highest BCUT2D eigenvalue weighted by Gasteiger charge is 2.31. The third-order valence-electron chi connectivity index (χ3n) is 3.47. The van der Waals surface area contributed by atoms with Gasteiger partial charge in [0, 0.05) is 19.8 Å². The van der Waals surface area contributed by atoms with Crippen molar-refractivity contribution in [3.05, 3.63) is 23.9 Å². The van der Waals surface area contributed by atoms with Gasteiger partial charge in [-0.15, -0.1) is 0 Å². The molecule has 5 nitrogen and oxygen atoms in total. The highest BCUT2D eigenvalue weighted by molar-refractivity contribution is 5.98. The molecule has 1 aromatic rings. The van der Waals surface area contributed by atoms with Gasteiger partial charge in [0.1, 0.15) is 5.82 Å². The van der Waals surface area contributed by atoms with Crippen LogP contribution in [0.4, 0.5) is 5.82 Å². The van der Waals surface area contributed by atoms with E-state index >= 15 is 0 Å². The van der Waals surface area contributed by atoms with E-state index in [0.717, 1.165) is 6.42 Å². The second kappa shape index (κ2) is 6.02. The molecule has 104 valence electrons. The molecule has 2 atom stereocenters. The maximum atomic E-state index is 12.7. The SMILES string of the molecule is CCC1COC(C)CN1C(=O)c1cccnc1NC. The molecule has 1 aliphatic rings. The van der Waals surface area contributed by atoms with Gasteiger partial charge in [-0.25, -0.2) is 4.98 Å². The van der Waals surface area contributed by atoms with Gasteiger partial charge in [0.05, 0.1) is 24.3 Å². The summed E-state index contributed by atoms with van der Waals surface area (Å²) in [6, 6.07) is 3.75. The Hall–Kier alpha value is -1.62. The topological polar surface area (TPSA) is 54.5 Å². The predicted molar refractivity (Wildman–Crippen MR) is 74.3 cm³/mol. The first-order chi connectivity index (χ1) is 9.17. The van der Waals surface area contributed by atoms with Crippen LogP contribution < -0.4 is 5.32 Å². The lowest BCUT2D eigenvalue weighted by molar-refractivity contribution is -0.0443. The van der Waals surface area contributed by atoms with Crippen molar-refractivity contribution in [2.24, 2.45) is 0 Å². The average Bonchev–Trinajstić information content (AvgIpc) is 2.46. The molecular formula is C14H21N3O2. The number of aromatic nitrogens is 1. The van der Waals surface area contributed by atoms with Crippen LogP contribution >= 0.6 is 0 Å². The van der Waals surface area contributed by atoms with E-state index in [4.69, 9.17) is 4.74 Å². The van der Waals surface area contributed by atoms with Gasteiger partial charge in [0.2, 0.25) is 0 Å². The number of nitrogens with zero attached hydrogens (tertiary/aromatic N) is 2. The number of carbonyl (C=O) groups is 1. The van der Waals surface area contributed by atoms with Crippen LogP contribution in [0.3, 0.4) is 0 Å². The van der Waals surface area contributed by atoms with Crippen LogP contribution in [0.15, 0.2) is 18.3 Å². The molecule has 0 radical (unpaired) electrons. The second-order valence-corrected chi connectivity index (χ2v) is 4.81. The molecule has 0 bridgehead atoms. The fourth-order valence-corrected chi connectivity index (χ4v) is 2.36. The number of morpholine rings is 1. The average molecular weight is 263 g/mol. The summed E-state index contributed by atoms with van der Waals surface area (Å²) < 4.78 is 5.63. The Labute approximate surface area is 114 Å². The number of pyridine rings is 1. The molecule has 1 fully saturated rings. The summed E-state index contributed by atoms with van der Waals surface area (Å²) in [5.74, 6) is 0.654. The van der Waals surface area contributed by atoms with E-state index < -0.39 is 0 Å². The molecule has 5 heteroatoms. The Morgan fingerprint density at radius 3 is 3.11 bits per heavy atom. The maximum Gasteiger partial charge on any atom is 0.258 e. The third-order valence-corrected chi connectivity index (χ3v) is 3.47. The first-order valence-corrected chi connectivity index (χ1v) is 6.72. The van der Waals surface area contributed by atoms with Crippen molar-refractivity contribution >= 4 is 11.7 Å². The first-order valence-electron chi connectivity index (χ1n) is 6.72.